The number of aromatic amines is 1. The summed E-state index contributed by atoms with van der Waals surface area (Å²) in [6.07, 6.45) is 5.67. The molecular weight excluding hydrogens is 328 g/mol. The van der Waals surface area contributed by atoms with E-state index in [9.17, 15) is 4.79 Å². The fraction of sp³-hybridized carbons (Fsp3) is 0.316. The number of hydrogen-bond donors (Lipinski definition) is 2. The van der Waals surface area contributed by atoms with Crippen molar-refractivity contribution in [1.82, 2.24) is 24.6 Å². The highest BCUT2D eigenvalue weighted by molar-refractivity contribution is 5.89. The maximum absolute atomic E-state index is 12.4. The predicted octanol–water partition coefficient (Wildman–Crippen LogP) is 3.52. The Hall–Kier alpha value is -3.09. The smallest absolute Gasteiger partial charge is 0.321 e. The number of benzene rings is 1. The number of carbonyl (C=O) groups is 1. The van der Waals surface area contributed by atoms with Crippen molar-refractivity contribution in [3.63, 3.8) is 0 Å². The van der Waals surface area contributed by atoms with Crippen LogP contribution in [-0.4, -0.2) is 37.7 Å². The Morgan fingerprint density at radius 2 is 2.08 bits per heavy atom. The van der Waals surface area contributed by atoms with Crippen molar-refractivity contribution in [1.29, 1.82) is 0 Å². The van der Waals surface area contributed by atoms with Gasteiger partial charge in [-0.05, 0) is 43.7 Å². The molecular formula is C19H24N6O. The van der Waals surface area contributed by atoms with Gasteiger partial charge in [-0.15, -0.1) is 0 Å². The topological polar surface area (TPSA) is 78.8 Å². The lowest BCUT2D eigenvalue weighted by molar-refractivity contribution is 0.220. The molecule has 0 saturated heterocycles. The number of H-pyrrole nitrogens is 1. The van der Waals surface area contributed by atoms with Gasteiger partial charge in [-0.2, -0.15) is 5.10 Å². The van der Waals surface area contributed by atoms with Crippen molar-refractivity contribution in [3.05, 3.63) is 59.9 Å². The second-order valence-electron chi connectivity index (χ2n) is 6.31. The number of nitrogens with one attached hydrogen (secondary N) is 2. The van der Waals surface area contributed by atoms with E-state index in [0.29, 0.717) is 6.54 Å². The van der Waals surface area contributed by atoms with E-state index in [-0.39, 0.29) is 6.03 Å². The summed E-state index contributed by atoms with van der Waals surface area (Å²) in [5.74, 6) is 0.920. The van der Waals surface area contributed by atoms with Gasteiger partial charge in [0.2, 0.25) is 0 Å². The third-order valence-electron chi connectivity index (χ3n) is 4.17. The van der Waals surface area contributed by atoms with Gasteiger partial charge in [0, 0.05) is 30.8 Å². The van der Waals surface area contributed by atoms with Crippen LogP contribution in [0.3, 0.4) is 0 Å². The van der Waals surface area contributed by atoms with Gasteiger partial charge in [0.25, 0.3) is 0 Å². The van der Waals surface area contributed by atoms with Crippen LogP contribution in [0, 0.1) is 6.92 Å². The van der Waals surface area contributed by atoms with E-state index in [1.54, 1.807) is 18.1 Å². The van der Waals surface area contributed by atoms with Gasteiger partial charge in [0.1, 0.15) is 5.82 Å². The molecule has 0 spiro atoms. The molecule has 0 saturated carbocycles. The average Bonchev–Trinajstić information content (AvgIpc) is 3.25. The van der Waals surface area contributed by atoms with Crippen molar-refractivity contribution in [2.24, 2.45) is 0 Å². The van der Waals surface area contributed by atoms with E-state index >= 15 is 0 Å². The number of carbonyl (C=O) groups excluding carboxylic acids is 1. The molecule has 0 bridgehead atoms. The fourth-order valence-corrected chi connectivity index (χ4v) is 2.78. The lowest BCUT2D eigenvalue weighted by Crippen LogP contribution is -2.30. The van der Waals surface area contributed by atoms with E-state index in [0.717, 1.165) is 41.4 Å². The van der Waals surface area contributed by atoms with Gasteiger partial charge < -0.3 is 14.8 Å². The first-order chi connectivity index (χ1) is 12.6. The minimum atomic E-state index is -0.164. The summed E-state index contributed by atoms with van der Waals surface area (Å²) in [6, 6.07) is 9.52. The maximum atomic E-state index is 12.4. The molecule has 2 aromatic heterocycles. The minimum Gasteiger partial charge on any atom is -0.322 e. The van der Waals surface area contributed by atoms with Gasteiger partial charge in [0.15, 0.2) is 0 Å². The van der Waals surface area contributed by atoms with Crippen LogP contribution in [-0.2, 0) is 13.0 Å². The third kappa shape index (κ3) is 4.11. The van der Waals surface area contributed by atoms with Crippen molar-refractivity contribution >= 4 is 11.7 Å². The van der Waals surface area contributed by atoms with Gasteiger partial charge in [0.05, 0.1) is 17.9 Å². The summed E-state index contributed by atoms with van der Waals surface area (Å²) in [5.41, 5.74) is 3.71. The molecule has 2 N–H and O–H groups in total. The van der Waals surface area contributed by atoms with Crippen molar-refractivity contribution in [3.8, 4) is 5.69 Å². The van der Waals surface area contributed by atoms with Crippen LogP contribution < -0.4 is 5.32 Å². The van der Waals surface area contributed by atoms with Gasteiger partial charge in [-0.25, -0.2) is 9.78 Å². The second kappa shape index (κ2) is 7.86. The van der Waals surface area contributed by atoms with E-state index in [1.165, 1.54) is 0 Å². The number of amides is 2. The number of rotatable bonds is 6. The number of urea groups is 1. The highest BCUT2D eigenvalue weighted by Crippen LogP contribution is 2.15. The zero-order valence-electron chi connectivity index (χ0n) is 15.4. The first-order valence-corrected chi connectivity index (χ1v) is 8.72. The minimum absolute atomic E-state index is 0.164. The molecule has 136 valence electrons. The maximum Gasteiger partial charge on any atom is 0.321 e. The van der Waals surface area contributed by atoms with Gasteiger partial charge >= 0.3 is 6.03 Å². The fourth-order valence-electron chi connectivity index (χ4n) is 2.78. The quantitative estimate of drug-likeness (QED) is 0.712. The number of aromatic nitrogens is 4. The lowest BCUT2D eigenvalue weighted by atomic mass is 10.2. The number of anilines is 1. The van der Waals surface area contributed by atoms with E-state index in [2.05, 4.69) is 27.4 Å². The van der Waals surface area contributed by atoms with Crippen LogP contribution in [0.4, 0.5) is 10.5 Å². The molecule has 2 heterocycles. The van der Waals surface area contributed by atoms with Gasteiger partial charge in [-0.3, -0.25) is 5.10 Å². The largest absolute Gasteiger partial charge is 0.322 e. The molecule has 26 heavy (non-hydrogen) atoms. The molecule has 0 aliphatic heterocycles. The summed E-state index contributed by atoms with van der Waals surface area (Å²) in [7, 11) is 1.76. The number of nitrogens with zero attached hydrogens (tertiary/aromatic N) is 4. The lowest BCUT2D eigenvalue weighted by Gasteiger charge is -2.17. The molecule has 0 unspecified atom stereocenters. The SMILES string of the molecule is CCCc1cc(CN(C)C(=O)Nc2ccc(-n3ccnc3C)cc2)[nH]n1. The highest BCUT2D eigenvalue weighted by atomic mass is 16.2. The van der Waals surface area contributed by atoms with E-state index in [4.69, 9.17) is 0 Å². The normalized spacial score (nSPS) is 10.7. The van der Waals surface area contributed by atoms with Crippen LogP contribution >= 0.6 is 0 Å². The molecule has 7 nitrogen and oxygen atoms in total. The summed E-state index contributed by atoms with van der Waals surface area (Å²) in [4.78, 5) is 18.2. The number of hydrogen-bond acceptors (Lipinski definition) is 3. The van der Waals surface area contributed by atoms with E-state index in [1.807, 2.05) is 48.0 Å². The summed E-state index contributed by atoms with van der Waals surface area (Å²) >= 11 is 0. The zero-order chi connectivity index (χ0) is 18.5. The molecule has 2 amide bonds. The van der Waals surface area contributed by atoms with Gasteiger partial charge in [-0.1, -0.05) is 13.3 Å². The Kier molecular flexibility index (Phi) is 5.36. The average molecular weight is 352 g/mol. The van der Waals surface area contributed by atoms with E-state index < -0.39 is 0 Å². The third-order valence-corrected chi connectivity index (χ3v) is 4.17. The van der Waals surface area contributed by atoms with Crippen LogP contribution in [0.5, 0.6) is 0 Å². The first kappa shape index (κ1) is 17.7. The van der Waals surface area contributed by atoms with Crippen molar-refractivity contribution in [2.45, 2.75) is 33.2 Å². The molecule has 3 rings (SSSR count). The first-order valence-electron chi connectivity index (χ1n) is 8.72. The molecule has 3 aromatic rings. The Labute approximate surface area is 153 Å². The Morgan fingerprint density at radius 1 is 1.31 bits per heavy atom. The Balaban J connectivity index is 1.59. The number of imidazole rings is 1. The molecule has 1 aromatic carbocycles. The molecule has 7 heteroatoms. The van der Waals surface area contributed by atoms with Crippen molar-refractivity contribution in [2.75, 3.05) is 12.4 Å². The van der Waals surface area contributed by atoms with Crippen LogP contribution in [0.25, 0.3) is 5.69 Å². The van der Waals surface area contributed by atoms with Crippen LogP contribution in [0.2, 0.25) is 0 Å². The Bertz CT molecular complexity index is 864. The summed E-state index contributed by atoms with van der Waals surface area (Å²) in [6.45, 7) is 4.55. The second-order valence-corrected chi connectivity index (χ2v) is 6.31. The molecule has 0 radical (unpaired) electrons. The Morgan fingerprint density at radius 3 is 2.73 bits per heavy atom. The van der Waals surface area contributed by atoms with Crippen LogP contribution in [0.1, 0.15) is 30.6 Å². The van der Waals surface area contributed by atoms with Crippen molar-refractivity contribution < 1.29 is 4.79 Å². The molecule has 0 aliphatic rings. The molecule has 0 aliphatic carbocycles. The molecule has 0 fully saturated rings. The molecule has 0 atom stereocenters. The highest BCUT2D eigenvalue weighted by Gasteiger charge is 2.11. The standard InChI is InChI=1S/C19H24N6O/c1-4-5-16-12-17(23-22-16)13-24(3)19(26)21-15-6-8-18(9-7-15)25-11-10-20-14(25)2/h6-12H,4-5,13H2,1-3H3,(H,21,26)(H,22,23). The summed E-state index contributed by atoms with van der Waals surface area (Å²) < 4.78 is 1.99. The predicted molar refractivity (Wildman–Crippen MR) is 101 cm³/mol. The zero-order valence-corrected chi connectivity index (χ0v) is 15.4. The summed E-state index contributed by atoms with van der Waals surface area (Å²) in [5, 5.41) is 10.1. The van der Waals surface area contributed by atoms with Crippen LogP contribution in [0.15, 0.2) is 42.7 Å². The monoisotopic (exact) mass is 352 g/mol. The number of aryl methyl sites for hydroxylation is 2.